The standard InChI is InChI=1S/C71H79ClN12O16S/c72-50-9-7-48(8-10-50)54-3-2-6-62(99-45-47-42-81(43-47)24-22-74-64(85)20-31-96-33-35-98-36-34-97-32-23-73-59-5-1-4-56-66(59)71(90)83(70(56)89)60-15-16-65(86)78-69(60)88)57(54)44-80-25-27-82(28-26-80)51-11-13-55(63(38-51)100-52-37-49-17-21-75-67(49)77-41-52)68(87)79-101(93,94)53-12-14-58(61(39-53)84(91)92)76-40-46-18-29-95-30-19-46/h1-14,17,21,37-39,41,46-47,60,73,76H,15-16,18-20,22-36,40,42-45H2,(H,74,85)(H,75,77)(H,79,87)(H,78,86,88). The van der Waals surface area contributed by atoms with Gasteiger partial charge >= 0.3 is 0 Å². The number of nitrogens with one attached hydrogen (secondary N) is 6. The number of carbonyl (C=O) groups is 6. The molecule has 1 atom stereocenters. The number of fused-ring (bicyclic) bond motifs is 2. The molecule has 6 amide bonds. The van der Waals surface area contributed by atoms with E-state index >= 15 is 0 Å². The van der Waals surface area contributed by atoms with Gasteiger partial charge in [-0.05, 0) is 103 Å². The molecule has 30 heteroatoms. The van der Waals surface area contributed by atoms with E-state index in [0.717, 1.165) is 70.4 Å². The molecule has 4 saturated heterocycles. The second-order valence-electron chi connectivity index (χ2n) is 25.2. The van der Waals surface area contributed by atoms with Gasteiger partial charge in [0.15, 0.2) is 0 Å². The lowest BCUT2D eigenvalue weighted by Gasteiger charge is -2.39. The summed E-state index contributed by atoms with van der Waals surface area (Å²) in [4.78, 5) is 104. The van der Waals surface area contributed by atoms with Gasteiger partial charge in [0, 0.05) is 150 Å². The van der Waals surface area contributed by atoms with E-state index < -0.39 is 61.1 Å². The number of aromatic nitrogens is 2. The number of hydrogen-bond donors (Lipinski definition) is 6. The Morgan fingerprint density at radius 1 is 0.752 bits per heavy atom. The van der Waals surface area contributed by atoms with Gasteiger partial charge in [-0.15, -0.1) is 0 Å². The van der Waals surface area contributed by atoms with Gasteiger partial charge in [-0.3, -0.25) is 54.0 Å². The number of imide groups is 2. The van der Waals surface area contributed by atoms with Crippen LogP contribution in [0.15, 0.2) is 126 Å². The smallest absolute Gasteiger partial charge is 0.293 e. The molecule has 12 rings (SSSR count). The van der Waals surface area contributed by atoms with Crippen LogP contribution in [0, 0.1) is 22.0 Å². The number of sulfonamides is 1. The van der Waals surface area contributed by atoms with Crippen LogP contribution in [-0.2, 0) is 49.9 Å². The molecular weight excluding hydrogens is 1340 g/mol. The maximum Gasteiger partial charge on any atom is 0.293 e. The molecule has 532 valence electrons. The maximum atomic E-state index is 14.2. The lowest BCUT2D eigenvalue weighted by molar-refractivity contribution is -0.384. The molecule has 5 aliphatic heterocycles. The number of pyridine rings is 1. The van der Waals surface area contributed by atoms with Gasteiger partial charge in [0.05, 0.1) is 79.0 Å². The van der Waals surface area contributed by atoms with Gasteiger partial charge in [-0.1, -0.05) is 41.9 Å². The molecule has 0 bridgehead atoms. The molecule has 0 aliphatic carbocycles. The quantitative estimate of drug-likeness (QED) is 0.0102. The zero-order valence-corrected chi connectivity index (χ0v) is 57.0. The molecule has 0 saturated carbocycles. The van der Waals surface area contributed by atoms with Gasteiger partial charge in [-0.25, -0.2) is 18.1 Å². The fourth-order valence-electron chi connectivity index (χ4n) is 12.9. The Balaban J connectivity index is 0.572. The summed E-state index contributed by atoms with van der Waals surface area (Å²) in [5, 5.41) is 25.0. The van der Waals surface area contributed by atoms with Crippen LogP contribution in [0.1, 0.15) is 68.7 Å². The van der Waals surface area contributed by atoms with E-state index in [4.69, 9.17) is 40.0 Å². The molecule has 2 aromatic heterocycles. The van der Waals surface area contributed by atoms with E-state index in [1.165, 1.54) is 30.5 Å². The number of hydrogen-bond acceptors (Lipinski definition) is 22. The second-order valence-corrected chi connectivity index (χ2v) is 27.3. The molecule has 4 fully saturated rings. The van der Waals surface area contributed by atoms with Crippen LogP contribution >= 0.6 is 11.6 Å². The molecule has 7 heterocycles. The molecule has 5 aliphatic rings. The SMILES string of the molecule is O=C(CCOCCOCCOCCNc1cccc2c1C(=O)N(C1CCC(=O)NC1=O)C2=O)NCCN1CC(COc2cccc(-c3ccc(Cl)cc3)c2CN2CCN(c3ccc(C(=O)NS(=O)(=O)c4ccc(NCC5CCOCC5)c([N+](=O)[O-])c4)c(Oc4cnc5[nH]ccc5c4)c3)CC2)C1. The maximum absolute atomic E-state index is 14.2. The van der Waals surface area contributed by atoms with Crippen LogP contribution in [0.25, 0.3) is 22.2 Å². The highest BCUT2D eigenvalue weighted by Crippen LogP contribution is 2.38. The third kappa shape index (κ3) is 18.0. The summed E-state index contributed by atoms with van der Waals surface area (Å²) < 4.78 is 65.3. The van der Waals surface area contributed by atoms with Crippen molar-refractivity contribution in [1.82, 2.24) is 40.0 Å². The number of nitrogens with zero attached hydrogens (tertiary/aromatic N) is 6. The zero-order valence-electron chi connectivity index (χ0n) is 55.5. The summed E-state index contributed by atoms with van der Waals surface area (Å²) in [6.07, 6.45) is 5.15. The summed E-state index contributed by atoms with van der Waals surface area (Å²) >= 11 is 6.36. The van der Waals surface area contributed by atoms with E-state index in [9.17, 15) is 47.3 Å². The predicted octanol–water partition coefficient (Wildman–Crippen LogP) is 7.24. The van der Waals surface area contributed by atoms with E-state index in [0.29, 0.717) is 127 Å². The van der Waals surface area contributed by atoms with Gasteiger partial charge in [-0.2, -0.15) is 0 Å². The van der Waals surface area contributed by atoms with Crippen molar-refractivity contribution in [2.24, 2.45) is 11.8 Å². The summed E-state index contributed by atoms with van der Waals surface area (Å²) in [6.45, 7) is 10.2. The number of aromatic amines is 1. The first-order chi connectivity index (χ1) is 49.0. The number of nitro benzene ring substituents is 1. The highest BCUT2D eigenvalue weighted by atomic mass is 35.5. The van der Waals surface area contributed by atoms with Gasteiger partial charge < -0.3 is 59.2 Å². The van der Waals surface area contributed by atoms with Gasteiger partial charge in [0.2, 0.25) is 17.7 Å². The van der Waals surface area contributed by atoms with Crippen LogP contribution in [0.2, 0.25) is 5.02 Å². The Kier molecular flexibility index (Phi) is 23.5. The molecule has 101 heavy (non-hydrogen) atoms. The van der Waals surface area contributed by atoms with Crippen molar-refractivity contribution >= 4 is 90.9 Å². The first-order valence-electron chi connectivity index (χ1n) is 33.7. The van der Waals surface area contributed by atoms with Crippen LogP contribution < -0.4 is 40.4 Å². The monoisotopic (exact) mass is 1420 g/mol. The number of piperazine rings is 1. The fraction of sp³-hybridized carbons (Fsp3) is 0.394. The lowest BCUT2D eigenvalue weighted by Crippen LogP contribution is -2.54. The number of halogens is 1. The zero-order chi connectivity index (χ0) is 70.4. The van der Waals surface area contributed by atoms with E-state index in [-0.39, 0.29) is 78.3 Å². The number of benzene rings is 5. The number of anilines is 3. The Bertz CT molecular complexity index is 4300. The number of carbonyl (C=O) groups excluding carboxylic acids is 6. The largest absolute Gasteiger partial charge is 0.493 e. The van der Waals surface area contributed by atoms with E-state index in [2.05, 4.69) is 56.7 Å². The number of likely N-dealkylation sites (tertiary alicyclic amines) is 1. The molecule has 1 unspecified atom stereocenters. The topological polar surface area (TPSA) is 337 Å². The minimum absolute atomic E-state index is 0.0384. The number of rotatable bonds is 33. The van der Waals surface area contributed by atoms with Crippen LogP contribution in [0.3, 0.4) is 0 Å². The highest BCUT2D eigenvalue weighted by Gasteiger charge is 2.46. The molecule has 0 radical (unpaired) electrons. The van der Waals surface area contributed by atoms with E-state index in [1.54, 1.807) is 36.5 Å². The Labute approximate surface area is 587 Å². The number of piperidine rings is 1. The first kappa shape index (κ1) is 71.2. The van der Waals surface area contributed by atoms with Crippen molar-refractivity contribution in [3.8, 4) is 28.4 Å². The summed E-state index contributed by atoms with van der Waals surface area (Å²) in [6, 6.07) is 29.7. The van der Waals surface area contributed by atoms with Gasteiger partial charge in [0.1, 0.15) is 34.6 Å². The third-order valence-electron chi connectivity index (χ3n) is 18.4. The van der Waals surface area contributed by atoms with Gasteiger partial charge in [0.25, 0.3) is 33.4 Å². The van der Waals surface area contributed by atoms with Crippen molar-refractivity contribution in [3.05, 3.63) is 159 Å². The number of amides is 6. The fourth-order valence-corrected chi connectivity index (χ4v) is 14.0. The van der Waals surface area contributed by atoms with Crippen molar-refractivity contribution in [1.29, 1.82) is 0 Å². The summed E-state index contributed by atoms with van der Waals surface area (Å²) in [5.41, 5.74) is 4.85. The molecule has 28 nitrogen and oxygen atoms in total. The van der Waals surface area contributed by atoms with Crippen molar-refractivity contribution in [3.63, 3.8) is 0 Å². The minimum Gasteiger partial charge on any atom is -0.493 e. The summed E-state index contributed by atoms with van der Waals surface area (Å²) in [5.74, 6) is -1.70. The minimum atomic E-state index is -4.63. The normalized spacial score (nSPS) is 17.0. The number of nitro groups is 1. The van der Waals surface area contributed by atoms with Crippen LogP contribution in [-0.4, -0.2) is 204 Å². The molecule has 5 aromatic carbocycles. The molecule has 6 N–H and O–H groups in total. The Hall–Kier alpha value is -9.59. The number of ether oxygens (including phenoxy) is 6. The van der Waals surface area contributed by atoms with E-state index in [1.807, 2.05) is 42.5 Å². The molecule has 7 aromatic rings. The number of H-pyrrole nitrogens is 1. The molecule has 0 spiro atoms. The highest BCUT2D eigenvalue weighted by molar-refractivity contribution is 7.90. The third-order valence-corrected chi connectivity index (χ3v) is 19.9. The summed E-state index contributed by atoms with van der Waals surface area (Å²) in [7, 11) is -4.63. The first-order valence-corrected chi connectivity index (χ1v) is 35.6. The van der Waals surface area contributed by atoms with Crippen molar-refractivity contribution in [2.75, 3.05) is 140 Å². The van der Waals surface area contributed by atoms with Crippen molar-refractivity contribution < 1.29 is 70.5 Å². The average molecular weight is 1420 g/mol. The Morgan fingerprint density at radius 3 is 2.28 bits per heavy atom. The van der Waals surface area contributed by atoms with Crippen LogP contribution in [0.4, 0.5) is 22.7 Å². The lowest BCUT2D eigenvalue weighted by atomic mass is 9.97. The average Bonchev–Trinajstić information content (AvgIpc) is 1.59. The second kappa shape index (κ2) is 33.3. The van der Waals surface area contributed by atoms with Crippen LogP contribution in [0.5, 0.6) is 17.2 Å². The Morgan fingerprint density at radius 2 is 1.50 bits per heavy atom. The molecular formula is C71H79ClN12O16S. The predicted molar refractivity (Wildman–Crippen MR) is 374 cm³/mol. The van der Waals surface area contributed by atoms with Crippen molar-refractivity contribution in [2.45, 2.75) is 49.6 Å².